The minimum Gasteiger partial charge on any atom is -0.349 e. The molecule has 1 amide bonds. The van der Waals surface area contributed by atoms with Gasteiger partial charge in [-0.25, -0.2) is 12.8 Å². The van der Waals surface area contributed by atoms with Gasteiger partial charge in [0, 0.05) is 13.1 Å². The number of aryl methyl sites for hydroxylation is 1. The minimum atomic E-state index is -3.62. The van der Waals surface area contributed by atoms with Crippen LogP contribution in [0.1, 0.15) is 36.9 Å². The topological polar surface area (TPSA) is 66.5 Å². The van der Waals surface area contributed by atoms with E-state index in [1.165, 1.54) is 16.4 Å². The van der Waals surface area contributed by atoms with E-state index in [-0.39, 0.29) is 29.2 Å². The predicted octanol–water partition coefficient (Wildman–Crippen LogP) is 3.41. The van der Waals surface area contributed by atoms with Crippen LogP contribution in [0.5, 0.6) is 0 Å². The number of rotatable bonds is 5. The Balaban J connectivity index is 1.67. The van der Waals surface area contributed by atoms with Crippen molar-refractivity contribution in [3.63, 3.8) is 0 Å². The third-order valence-corrected chi connectivity index (χ3v) is 7.02. The molecule has 2 aromatic rings. The number of hydrogen-bond acceptors (Lipinski definition) is 3. The summed E-state index contributed by atoms with van der Waals surface area (Å²) in [5, 5.41) is 2.92. The number of sulfonamides is 1. The zero-order chi connectivity index (χ0) is 20.3. The Morgan fingerprint density at radius 3 is 2.43 bits per heavy atom. The summed E-state index contributed by atoms with van der Waals surface area (Å²) in [5.41, 5.74) is 1.79. The first-order valence-corrected chi connectivity index (χ1v) is 10.8. The Bertz CT molecular complexity index is 927. The van der Waals surface area contributed by atoms with Crippen molar-refractivity contribution in [2.75, 3.05) is 13.1 Å². The molecule has 1 N–H and O–H groups in total. The molecule has 3 rings (SSSR count). The molecule has 0 aromatic heterocycles. The SMILES string of the molecule is Cc1ccc(S(=O)(=O)N2CCCC(C(=O)NC(C)c3ccc(F)cc3)C2)cc1. The first-order chi connectivity index (χ1) is 13.3. The van der Waals surface area contributed by atoms with Gasteiger partial charge in [-0.05, 0) is 56.5 Å². The molecular formula is C21H25FN2O3S. The smallest absolute Gasteiger partial charge is 0.243 e. The van der Waals surface area contributed by atoms with Crippen molar-refractivity contribution in [3.05, 3.63) is 65.5 Å². The number of piperidine rings is 1. The average Bonchev–Trinajstić information content (AvgIpc) is 2.69. The Hall–Kier alpha value is -2.25. The highest BCUT2D eigenvalue weighted by Crippen LogP contribution is 2.25. The molecule has 1 aliphatic heterocycles. The lowest BCUT2D eigenvalue weighted by atomic mass is 9.98. The Morgan fingerprint density at radius 2 is 1.79 bits per heavy atom. The normalized spacial score (nSPS) is 19.2. The van der Waals surface area contributed by atoms with E-state index in [9.17, 15) is 17.6 Å². The molecule has 28 heavy (non-hydrogen) atoms. The van der Waals surface area contributed by atoms with E-state index in [1.807, 2.05) is 13.8 Å². The van der Waals surface area contributed by atoms with Crippen molar-refractivity contribution in [2.45, 2.75) is 37.6 Å². The molecular weight excluding hydrogens is 379 g/mol. The van der Waals surface area contributed by atoms with Gasteiger partial charge in [0.1, 0.15) is 5.82 Å². The number of hydrogen-bond donors (Lipinski definition) is 1. The van der Waals surface area contributed by atoms with Crippen molar-refractivity contribution >= 4 is 15.9 Å². The van der Waals surface area contributed by atoms with E-state index >= 15 is 0 Å². The van der Waals surface area contributed by atoms with Crippen LogP contribution < -0.4 is 5.32 Å². The maximum absolute atomic E-state index is 13.1. The van der Waals surface area contributed by atoms with Gasteiger partial charge in [0.25, 0.3) is 0 Å². The number of benzene rings is 2. The van der Waals surface area contributed by atoms with Crippen LogP contribution in [0, 0.1) is 18.7 Å². The molecule has 0 aliphatic carbocycles. The second kappa shape index (κ2) is 8.41. The number of carbonyl (C=O) groups is 1. The third-order valence-electron chi connectivity index (χ3n) is 5.14. The lowest BCUT2D eigenvalue weighted by Gasteiger charge is -2.32. The van der Waals surface area contributed by atoms with Crippen molar-refractivity contribution < 1.29 is 17.6 Å². The second-order valence-corrected chi connectivity index (χ2v) is 9.24. The van der Waals surface area contributed by atoms with Gasteiger partial charge in [-0.2, -0.15) is 4.31 Å². The summed E-state index contributed by atoms with van der Waals surface area (Å²) in [4.78, 5) is 12.9. The van der Waals surface area contributed by atoms with Crippen molar-refractivity contribution in [1.29, 1.82) is 0 Å². The average molecular weight is 405 g/mol. The first-order valence-electron chi connectivity index (χ1n) is 9.40. The molecule has 5 nitrogen and oxygen atoms in total. The quantitative estimate of drug-likeness (QED) is 0.830. The van der Waals surface area contributed by atoms with Gasteiger partial charge >= 0.3 is 0 Å². The van der Waals surface area contributed by atoms with E-state index in [0.29, 0.717) is 19.4 Å². The van der Waals surface area contributed by atoms with Crippen LogP contribution in [0.3, 0.4) is 0 Å². The molecule has 0 saturated carbocycles. The van der Waals surface area contributed by atoms with Gasteiger partial charge in [-0.3, -0.25) is 4.79 Å². The lowest BCUT2D eigenvalue weighted by molar-refractivity contribution is -0.126. The second-order valence-electron chi connectivity index (χ2n) is 7.30. The molecule has 1 heterocycles. The summed E-state index contributed by atoms with van der Waals surface area (Å²) in [7, 11) is -3.62. The molecule has 150 valence electrons. The molecule has 2 aromatic carbocycles. The summed E-state index contributed by atoms with van der Waals surface area (Å²) in [6, 6.07) is 12.4. The zero-order valence-electron chi connectivity index (χ0n) is 16.1. The highest BCUT2D eigenvalue weighted by molar-refractivity contribution is 7.89. The molecule has 7 heteroatoms. The number of halogens is 1. The summed E-state index contributed by atoms with van der Waals surface area (Å²) >= 11 is 0. The molecule has 2 atom stereocenters. The van der Waals surface area contributed by atoms with Gasteiger partial charge in [0.15, 0.2) is 0 Å². The van der Waals surface area contributed by atoms with Crippen molar-refractivity contribution in [2.24, 2.45) is 5.92 Å². The maximum atomic E-state index is 13.1. The summed E-state index contributed by atoms with van der Waals surface area (Å²) in [6.45, 7) is 4.31. The number of nitrogens with zero attached hydrogens (tertiary/aromatic N) is 1. The molecule has 0 radical (unpaired) electrons. The fraction of sp³-hybridized carbons (Fsp3) is 0.381. The van der Waals surface area contributed by atoms with Crippen LogP contribution in [-0.2, 0) is 14.8 Å². The monoisotopic (exact) mass is 404 g/mol. The predicted molar refractivity (Wildman–Crippen MR) is 106 cm³/mol. The van der Waals surface area contributed by atoms with Crippen LogP contribution >= 0.6 is 0 Å². The van der Waals surface area contributed by atoms with Gasteiger partial charge in [0.2, 0.25) is 15.9 Å². The van der Waals surface area contributed by atoms with E-state index in [1.54, 1.807) is 36.4 Å². The Morgan fingerprint density at radius 1 is 1.14 bits per heavy atom. The summed E-state index contributed by atoms with van der Waals surface area (Å²) in [5.74, 6) is -0.913. The van der Waals surface area contributed by atoms with Crippen molar-refractivity contribution in [1.82, 2.24) is 9.62 Å². The standard InChI is InChI=1S/C21H25FN2O3S/c1-15-5-11-20(12-6-15)28(26,27)24-13-3-4-18(14-24)21(25)23-16(2)17-7-9-19(22)10-8-17/h5-12,16,18H,3-4,13-14H2,1-2H3,(H,23,25). The largest absolute Gasteiger partial charge is 0.349 e. The van der Waals surface area contributed by atoms with E-state index in [0.717, 1.165) is 11.1 Å². The van der Waals surface area contributed by atoms with Gasteiger partial charge < -0.3 is 5.32 Å². The fourth-order valence-electron chi connectivity index (χ4n) is 3.40. The minimum absolute atomic E-state index is 0.165. The lowest BCUT2D eigenvalue weighted by Crippen LogP contribution is -2.45. The number of carbonyl (C=O) groups excluding carboxylic acids is 1. The maximum Gasteiger partial charge on any atom is 0.243 e. The fourth-order valence-corrected chi connectivity index (χ4v) is 4.92. The number of nitrogens with one attached hydrogen (secondary N) is 1. The van der Waals surface area contributed by atoms with E-state index in [4.69, 9.17) is 0 Å². The molecule has 0 spiro atoms. The Kier molecular flexibility index (Phi) is 6.15. The highest BCUT2D eigenvalue weighted by atomic mass is 32.2. The van der Waals surface area contributed by atoms with Crippen molar-refractivity contribution in [3.8, 4) is 0 Å². The van der Waals surface area contributed by atoms with Gasteiger partial charge in [-0.15, -0.1) is 0 Å². The van der Waals surface area contributed by atoms with Crippen LogP contribution in [0.25, 0.3) is 0 Å². The summed E-state index contributed by atoms with van der Waals surface area (Å²) < 4.78 is 40.3. The van der Waals surface area contributed by atoms with Gasteiger partial charge in [0.05, 0.1) is 16.9 Å². The zero-order valence-corrected chi connectivity index (χ0v) is 16.9. The van der Waals surface area contributed by atoms with E-state index in [2.05, 4.69) is 5.32 Å². The Labute approximate surface area is 165 Å². The molecule has 1 aliphatic rings. The van der Waals surface area contributed by atoms with E-state index < -0.39 is 15.9 Å². The molecule has 1 saturated heterocycles. The molecule has 1 fully saturated rings. The first kappa shape index (κ1) is 20.5. The van der Waals surface area contributed by atoms with Gasteiger partial charge in [-0.1, -0.05) is 29.8 Å². The third kappa shape index (κ3) is 4.59. The van der Waals surface area contributed by atoms with Crippen LogP contribution in [-0.4, -0.2) is 31.7 Å². The van der Waals surface area contributed by atoms with Crippen LogP contribution in [0.2, 0.25) is 0 Å². The highest BCUT2D eigenvalue weighted by Gasteiger charge is 2.33. The molecule has 0 bridgehead atoms. The number of amides is 1. The van der Waals surface area contributed by atoms with Crippen LogP contribution in [0.15, 0.2) is 53.4 Å². The summed E-state index contributed by atoms with van der Waals surface area (Å²) in [6.07, 6.45) is 1.27. The van der Waals surface area contributed by atoms with Crippen LogP contribution in [0.4, 0.5) is 4.39 Å². The molecule has 2 unspecified atom stereocenters.